The van der Waals surface area contributed by atoms with Crippen LogP contribution in [0.15, 0.2) is 30.6 Å². The van der Waals surface area contributed by atoms with Gasteiger partial charge in [-0.15, -0.1) is 0 Å². The van der Waals surface area contributed by atoms with Crippen LogP contribution in [0, 0.1) is 5.41 Å². The molecule has 4 heterocycles. The average molecular weight is 598 g/mol. The Morgan fingerprint density at radius 2 is 1.62 bits per heavy atom. The Balaban J connectivity index is 1.29. The number of esters is 3. The number of benzene rings is 1. The van der Waals surface area contributed by atoms with E-state index >= 15 is 0 Å². The van der Waals surface area contributed by atoms with Crippen molar-refractivity contribution in [2.45, 2.75) is 71.0 Å². The maximum absolute atomic E-state index is 12.1. The van der Waals surface area contributed by atoms with Gasteiger partial charge in [0.25, 0.3) is 0 Å². The molecule has 1 unspecified atom stereocenters. The number of aromatic nitrogens is 4. The van der Waals surface area contributed by atoms with Crippen LogP contribution in [0.4, 0.5) is 5.82 Å². The molecule has 1 aromatic carbocycles. The molecule has 6 rings (SSSR count). The molecule has 12 nitrogen and oxygen atoms in total. The normalized spacial score (nSPS) is 24.5. The summed E-state index contributed by atoms with van der Waals surface area (Å²) in [5.41, 5.74) is 4.01. The number of rotatable bonds is 6. The van der Waals surface area contributed by atoms with Crippen LogP contribution in [0.2, 0.25) is 5.28 Å². The zero-order chi connectivity index (χ0) is 29.6. The number of imidazole rings is 1. The Kier molecular flexibility index (Phi) is 7.52. The summed E-state index contributed by atoms with van der Waals surface area (Å²) in [5, 5.41) is 0.0304. The number of carbonyl (C=O) groups is 3. The van der Waals surface area contributed by atoms with Crippen molar-refractivity contribution in [3.63, 3.8) is 0 Å². The summed E-state index contributed by atoms with van der Waals surface area (Å²) in [6.07, 6.45) is 1.68. The third kappa shape index (κ3) is 5.40. The van der Waals surface area contributed by atoms with Crippen molar-refractivity contribution in [2.24, 2.45) is 5.41 Å². The Labute approximate surface area is 247 Å². The largest absolute Gasteiger partial charge is 0.463 e. The van der Waals surface area contributed by atoms with Crippen molar-refractivity contribution in [3.05, 3.63) is 47.0 Å². The summed E-state index contributed by atoms with van der Waals surface area (Å²) < 4.78 is 24.0. The molecule has 0 saturated carbocycles. The standard InChI is InChI=1S/C29H32ClN5O7/c1-16(36)39-14-21-23(40-17(2)37)24(41-18(3)38)27(42-21)35-15-31-22-25(32-28(30)33-26(22)35)34-10-8-29(9-11-34)12-19-6-4-5-7-20(19)13-29/h4-7,15,21,23-24,27H,8-14H2,1-3H3/t21-,23+,24?,27-/m1/s1. The van der Waals surface area contributed by atoms with Crippen molar-refractivity contribution in [3.8, 4) is 0 Å². The van der Waals surface area contributed by atoms with E-state index in [0.717, 1.165) is 38.8 Å². The average Bonchev–Trinajstić information content (AvgIpc) is 3.60. The molecule has 3 aromatic rings. The van der Waals surface area contributed by atoms with E-state index in [2.05, 4.69) is 44.1 Å². The van der Waals surface area contributed by atoms with Crippen LogP contribution < -0.4 is 4.90 Å². The summed E-state index contributed by atoms with van der Waals surface area (Å²) in [5.74, 6) is -1.13. The Morgan fingerprint density at radius 3 is 2.24 bits per heavy atom. The van der Waals surface area contributed by atoms with Crippen LogP contribution >= 0.6 is 11.6 Å². The first-order chi connectivity index (χ1) is 20.1. The molecule has 222 valence electrons. The van der Waals surface area contributed by atoms with Crippen molar-refractivity contribution in [2.75, 3.05) is 24.6 Å². The molecule has 0 N–H and O–H groups in total. The van der Waals surface area contributed by atoms with E-state index in [0.29, 0.717) is 17.0 Å². The Hall–Kier alpha value is -3.77. The van der Waals surface area contributed by atoms with E-state index in [-0.39, 0.29) is 17.3 Å². The van der Waals surface area contributed by atoms with Gasteiger partial charge >= 0.3 is 17.9 Å². The monoisotopic (exact) mass is 597 g/mol. The van der Waals surface area contributed by atoms with Gasteiger partial charge < -0.3 is 23.8 Å². The minimum absolute atomic E-state index is 0.0304. The predicted octanol–water partition coefficient (Wildman–Crippen LogP) is 3.19. The van der Waals surface area contributed by atoms with Gasteiger partial charge in [0.2, 0.25) is 5.28 Å². The van der Waals surface area contributed by atoms with Gasteiger partial charge in [-0.05, 0) is 53.8 Å². The smallest absolute Gasteiger partial charge is 0.303 e. The van der Waals surface area contributed by atoms with Gasteiger partial charge in [0, 0.05) is 33.9 Å². The summed E-state index contributed by atoms with van der Waals surface area (Å²) in [7, 11) is 0. The molecule has 1 spiro atoms. The second-order valence-corrected chi connectivity index (χ2v) is 11.6. The fourth-order valence-corrected chi connectivity index (χ4v) is 6.68. The number of ether oxygens (including phenoxy) is 4. The molecule has 3 aliphatic rings. The molecule has 13 heteroatoms. The zero-order valence-corrected chi connectivity index (χ0v) is 24.4. The van der Waals surface area contributed by atoms with E-state index in [1.807, 2.05) is 0 Å². The number of anilines is 1. The van der Waals surface area contributed by atoms with Gasteiger partial charge in [-0.3, -0.25) is 19.0 Å². The number of piperidine rings is 1. The van der Waals surface area contributed by atoms with Crippen molar-refractivity contribution in [1.82, 2.24) is 19.5 Å². The number of halogens is 1. The number of fused-ring (bicyclic) bond motifs is 2. The van der Waals surface area contributed by atoms with Gasteiger partial charge in [-0.25, -0.2) is 4.98 Å². The van der Waals surface area contributed by atoms with Crippen LogP contribution in [0.1, 0.15) is 51.0 Å². The van der Waals surface area contributed by atoms with Gasteiger partial charge in [-0.1, -0.05) is 24.3 Å². The van der Waals surface area contributed by atoms with Gasteiger partial charge in [0.05, 0.1) is 6.33 Å². The number of nitrogens with zero attached hydrogens (tertiary/aromatic N) is 5. The molecule has 2 aromatic heterocycles. The van der Waals surface area contributed by atoms with Crippen LogP contribution in [0.5, 0.6) is 0 Å². The highest BCUT2D eigenvalue weighted by molar-refractivity contribution is 6.28. The molecule has 0 radical (unpaired) electrons. The Morgan fingerprint density at radius 1 is 0.976 bits per heavy atom. The molecule has 0 amide bonds. The van der Waals surface area contributed by atoms with E-state index in [4.69, 9.17) is 30.5 Å². The molecule has 1 aliphatic carbocycles. The highest BCUT2D eigenvalue weighted by atomic mass is 35.5. The highest BCUT2D eigenvalue weighted by Crippen LogP contribution is 2.45. The molecular formula is C29H32ClN5O7. The molecule has 2 aliphatic heterocycles. The lowest BCUT2D eigenvalue weighted by atomic mass is 9.76. The lowest BCUT2D eigenvalue weighted by Crippen LogP contribution is -2.41. The van der Waals surface area contributed by atoms with Crippen molar-refractivity contribution in [1.29, 1.82) is 0 Å². The lowest BCUT2D eigenvalue weighted by Gasteiger charge is -2.40. The topological polar surface area (TPSA) is 135 Å². The minimum Gasteiger partial charge on any atom is -0.463 e. The number of hydrogen-bond acceptors (Lipinski definition) is 11. The molecule has 2 fully saturated rings. The molecule has 2 saturated heterocycles. The number of hydrogen-bond donors (Lipinski definition) is 0. The van der Waals surface area contributed by atoms with Gasteiger partial charge in [0.15, 0.2) is 35.4 Å². The van der Waals surface area contributed by atoms with Crippen LogP contribution in [0.25, 0.3) is 11.2 Å². The highest BCUT2D eigenvalue weighted by Gasteiger charge is 2.51. The van der Waals surface area contributed by atoms with E-state index in [1.54, 1.807) is 4.57 Å². The van der Waals surface area contributed by atoms with E-state index in [1.165, 1.54) is 38.2 Å². The number of carbonyl (C=O) groups excluding carboxylic acids is 3. The third-order valence-electron chi connectivity index (χ3n) is 8.36. The quantitative estimate of drug-likeness (QED) is 0.235. The molecule has 42 heavy (non-hydrogen) atoms. The zero-order valence-electron chi connectivity index (χ0n) is 23.6. The van der Waals surface area contributed by atoms with Crippen molar-refractivity contribution < 1.29 is 33.3 Å². The first-order valence-electron chi connectivity index (χ1n) is 14.0. The first kappa shape index (κ1) is 28.4. The second-order valence-electron chi connectivity index (χ2n) is 11.3. The van der Waals surface area contributed by atoms with Crippen LogP contribution in [-0.2, 0) is 46.2 Å². The van der Waals surface area contributed by atoms with Crippen LogP contribution in [-0.4, -0.2) is 75.4 Å². The molecular weight excluding hydrogens is 566 g/mol. The fraction of sp³-hybridized carbons (Fsp3) is 0.517. The Bertz CT molecular complexity index is 1510. The van der Waals surface area contributed by atoms with E-state index in [9.17, 15) is 14.4 Å². The second kappa shape index (κ2) is 11.1. The van der Waals surface area contributed by atoms with Gasteiger partial charge in [-0.2, -0.15) is 9.97 Å². The maximum Gasteiger partial charge on any atom is 0.303 e. The third-order valence-corrected chi connectivity index (χ3v) is 8.53. The molecule has 4 atom stereocenters. The minimum atomic E-state index is -1.07. The summed E-state index contributed by atoms with van der Waals surface area (Å²) in [6, 6.07) is 8.67. The molecule has 0 bridgehead atoms. The van der Waals surface area contributed by atoms with Crippen molar-refractivity contribution >= 4 is 46.5 Å². The van der Waals surface area contributed by atoms with Gasteiger partial charge in [0.1, 0.15) is 12.7 Å². The van der Waals surface area contributed by atoms with Crippen LogP contribution in [0.3, 0.4) is 0 Å². The summed E-state index contributed by atoms with van der Waals surface area (Å²) in [4.78, 5) is 51.4. The van der Waals surface area contributed by atoms with E-state index < -0.39 is 42.4 Å². The first-order valence-corrected chi connectivity index (χ1v) is 14.4. The maximum atomic E-state index is 12.1. The summed E-state index contributed by atoms with van der Waals surface area (Å²) >= 11 is 6.45. The lowest BCUT2D eigenvalue weighted by molar-refractivity contribution is -0.166. The fourth-order valence-electron chi connectivity index (χ4n) is 6.52. The predicted molar refractivity (Wildman–Crippen MR) is 150 cm³/mol. The SMILES string of the molecule is CC(=O)OC[C@H]1O[C@@H](n2cnc3c(N4CCC5(CC4)Cc4ccccc4C5)nc(Cl)nc32)C(OC(C)=O)[C@H]1OC(C)=O. The summed E-state index contributed by atoms with van der Waals surface area (Å²) in [6.45, 7) is 5.11.